The molecular weight excluding hydrogens is 270 g/mol. The molecule has 0 unspecified atom stereocenters. The van der Waals surface area contributed by atoms with Gasteiger partial charge in [-0.25, -0.2) is 9.78 Å². The first kappa shape index (κ1) is 13.9. The number of hydrogen-bond acceptors (Lipinski definition) is 4. The van der Waals surface area contributed by atoms with Crippen LogP contribution in [0.2, 0.25) is 5.02 Å². The number of aromatic nitrogens is 1. The normalized spacial score (nSPS) is 14.9. The monoisotopic (exact) mass is 285 g/mol. The van der Waals surface area contributed by atoms with Gasteiger partial charge in [0.25, 0.3) is 0 Å². The molecule has 1 N–H and O–H groups in total. The van der Waals surface area contributed by atoms with Crippen LogP contribution < -0.4 is 10.1 Å². The Morgan fingerprint density at radius 2 is 2.37 bits per heavy atom. The molecule has 0 saturated carbocycles. The Hall–Kier alpha value is -1.53. The van der Waals surface area contributed by atoms with Crippen LogP contribution in [0, 0.1) is 0 Å². The molecule has 1 aromatic rings. The third kappa shape index (κ3) is 3.97. The molecule has 0 spiro atoms. The second-order valence-corrected chi connectivity index (χ2v) is 4.62. The van der Waals surface area contributed by atoms with E-state index in [0.29, 0.717) is 37.1 Å². The van der Waals surface area contributed by atoms with Gasteiger partial charge in [-0.1, -0.05) is 11.6 Å². The lowest BCUT2D eigenvalue weighted by molar-refractivity contribution is 0.0408. The predicted molar refractivity (Wildman–Crippen MR) is 70.5 cm³/mol. The molecule has 1 aromatic heterocycles. The van der Waals surface area contributed by atoms with Crippen molar-refractivity contribution in [1.82, 2.24) is 15.2 Å². The van der Waals surface area contributed by atoms with Gasteiger partial charge in [-0.2, -0.15) is 0 Å². The van der Waals surface area contributed by atoms with Crippen molar-refractivity contribution in [3.05, 3.63) is 23.4 Å². The van der Waals surface area contributed by atoms with E-state index >= 15 is 0 Å². The molecule has 1 fully saturated rings. The van der Waals surface area contributed by atoms with Gasteiger partial charge in [-0.15, -0.1) is 0 Å². The number of methoxy groups -OCH3 is 1. The summed E-state index contributed by atoms with van der Waals surface area (Å²) in [5.41, 5.74) is 0. The Bertz CT molecular complexity index is 421. The highest BCUT2D eigenvalue weighted by molar-refractivity contribution is 6.30. The third-order valence-electron chi connectivity index (χ3n) is 2.71. The fraction of sp³-hybridized carbons (Fsp3) is 0.500. The molecule has 104 valence electrons. The Kier molecular flexibility index (Phi) is 4.81. The second kappa shape index (κ2) is 6.58. The van der Waals surface area contributed by atoms with Crippen molar-refractivity contribution in [2.45, 2.75) is 6.10 Å². The van der Waals surface area contributed by atoms with E-state index < -0.39 is 0 Å². The van der Waals surface area contributed by atoms with Crippen LogP contribution in [0.15, 0.2) is 18.3 Å². The van der Waals surface area contributed by atoms with Crippen LogP contribution in [-0.2, 0) is 4.74 Å². The van der Waals surface area contributed by atoms with E-state index in [1.807, 2.05) is 0 Å². The molecule has 19 heavy (non-hydrogen) atoms. The van der Waals surface area contributed by atoms with Gasteiger partial charge in [-0.3, -0.25) is 0 Å². The summed E-state index contributed by atoms with van der Waals surface area (Å²) in [6, 6.07) is 3.34. The van der Waals surface area contributed by atoms with Gasteiger partial charge in [0, 0.05) is 25.9 Å². The van der Waals surface area contributed by atoms with Crippen LogP contribution in [0.1, 0.15) is 0 Å². The van der Waals surface area contributed by atoms with E-state index in [9.17, 15) is 4.79 Å². The number of urea groups is 1. The average molecular weight is 286 g/mol. The lowest BCUT2D eigenvalue weighted by atomic mass is 10.2. The fourth-order valence-electron chi connectivity index (χ4n) is 1.65. The summed E-state index contributed by atoms with van der Waals surface area (Å²) < 4.78 is 10.5. The highest BCUT2D eigenvalue weighted by Crippen LogP contribution is 2.17. The molecule has 1 aliphatic rings. The number of hydrogen-bond donors (Lipinski definition) is 1. The molecule has 2 rings (SSSR count). The van der Waals surface area contributed by atoms with Crippen LogP contribution in [0.5, 0.6) is 5.88 Å². The first-order valence-corrected chi connectivity index (χ1v) is 6.37. The molecule has 7 heteroatoms. The molecule has 2 amide bonds. The van der Waals surface area contributed by atoms with Crippen molar-refractivity contribution in [1.29, 1.82) is 0 Å². The van der Waals surface area contributed by atoms with Gasteiger partial charge in [-0.05, 0) is 6.07 Å². The van der Waals surface area contributed by atoms with E-state index in [4.69, 9.17) is 21.1 Å². The smallest absolute Gasteiger partial charge is 0.317 e. The number of likely N-dealkylation sites (tertiary alicyclic amines) is 1. The molecule has 0 atom stereocenters. The van der Waals surface area contributed by atoms with E-state index in [2.05, 4.69) is 10.3 Å². The summed E-state index contributed by atoms with van der Waals surface area (Å²) in [5.74, 6) is 0.522. The number of carbonyl (C=O) groups is 1. The lowest BCUT2D eigenvalue weighted by Gasteiger charge is -2.38. The second-order valence-electron chi connectivity index (χ2n) is 4.18. The number of halogens is 1. The summed E-state index contributed by atoms with van der Waals surface area (Å²) in [6.45, 7) is 2.14. The number of carbonyl (C=O) groups excluding carboxylic acids is 1. The third-order valence-corrected chi connectivity index (χ3v) is 2.93. The van der Waals surface area contributed by atoms with Crippen molar-refractivity contribution < 1.29 is 14.3 Å². The predicted octanol–water partition coefficient (Wildman–Crippen LogP) is 1.15. The van der Waals surface area contributed by atoms with Crippen LogP contribution in [0.3, 0.4) is 0 Å². The highest BCUT2D eigenvalue weighted by atomic mass is 35.5. The maximum atomic E-state index is 11.6. The molecule has 0 aliphatic carbocycles. The topological polar surface area (TPSA) is 63.7 Å². The summed E-state index contributed by atoms with van der Waals surface area (Å²) in [6.07, 6.45) is 1.52. The number of amides is 2. The quantitative estimate of drug-likeness (QED) is 0.825. The van der Waals surface area contributed by atoms with Gasteiger partial charge in [0.15, 0.2) is 0 Å². The van der Waals surface area contributed by atoms with Crippen molar-refractivity contribution >= 4 is 17.6 Å². The van der Waals surface area contributed by atoms with E-state index in [0.717, 1.165) is 0 Å². The van der Waals surface area contributed by atoms with Gasteiger partial charge < -0.3 is 19.7 Å². The van der Waals surface area contributed by atoms with Crippen molar-refractivity contribution in [3.63, 3.8) is 0 Å². The number of nitrogens with one attached hydrogen (secondary N) is 1. The molecule has 1 saturated heterocycles. The first-order chi connectivity index (χ1) is 9.19. The summed E-state index contributed by atoms with van der Waals surface area (Å²) in [5, 5.41) is 3.32. The Morgan fingerprint density at radius 1 is 1.58 bits per heavy atom. The summed E-state index contributed by atoms with van der Waals surface area (Å²) >= 11 is 5.73. The average Bonchev–Trinajstić information content (AvgIpc) is 2.35. The van der Waals surface area contributed by atoms with E-state index in [1.54, 1.807) is 24.1 Å². The Morgan fingerprint density at radius 3 is 3.00 bits per heavy atom. The van der Waals surface area contributed by atoms with Crippen LogP contribution >= 0.6 is 11.6 Å². The van der Waals surface area contributed by atoms with Crippen molar-refractivity contribution in [3.8, 4) is 5.88 Å². The molecule has 1 aliphatic heterocycles. The first-order valence-electron chi connectivity index (χ1n) is 5.99. The summed E-state index contributed by atoms with van der Waals surface area (Å²) in [4.78, 5) is 17.3. The number of pyridine rings is 1. The molecule has 0 aromatic carbocycles. The minimum Gasteiger partial charge on any atom is -0.471 e. The SMILES string of the molecule is COCCNC(=O)N1CC(Oc2ccc(Cl)cn2)C1. The fourth-order valence-corrected chi connectivity index (χ4v) is 1.76. The molecule has 0 radical (unpaired) electrons. The van der Waals surface area contributed by atoms with Crippen molar-refractivity contribution in [2.75, 3.05) is 33.4 Å². The molecule has 0 bridgehead atoms. The maximum absolute atomic E-state index is 11.6. The number of rotatable bonds is 5. The molecule has 6 nitrogen and oxygen atoms in total. The minimum absolute atomic E-state index is 0.0122. The molecular formula is C12H16ClN3O3. The maximum Gasteiger partial charge on any atom is 0.317 e. The van der Waals surface area contributed by atoms with Crippen LogP contribution in [0.25, 0.3) is 0 Å². The van der Waals surface area contributed by atoms with E-state index in [1.165, 1.54) is 6.20 Å². The lowest BCUT2D eigenvalue weighted by Crippen LogP contribution is -2.59. The standard InChI is InChI=1S/C12H16ClN3O3/c1-18-5-4-14-12(17)16-7-10(8-16)19-11-3-2-9(13)6-15-11/h2-3,6,10H,4-5,7-8H2,1H3,(H,14,17). The van der Waals surface area contributed by atoms with Gasteiger partial charge in [0.1, 0.15) is 6.10 Å². The summed E-state index contributed by atoms with van der Waals surface area (Å²) in [7, 11) is 1.60. The highest BCUT2D eigenvalue weighted by Gasteiger charge is 2.32. The minimum atomic E-state index is -0.0963. The van der Waals surface area contributed by atoms with Gasteiger partial charge in [0.2, 0.25) is 5.88 Å². The van der Waals surface area contributed by atoms with Crippen LogP contribution in [0.4, 0.5) is 4.79 Å². The zero-order chi connectivity index (χ0) is 13.7. The van der Waals surface area contributed by atoms with E-state index in [-0.39, 0.29) is 12.1 Å². The Balaban J connectivity index is 1.68. The zero-order valence-electron chi connectivity index (χ0n) is 10.6. The molecule has 2 heterocycles. The van der Waals surface area contributed by atoms with Crippen molar-refractivity contribution in [2.24, 2.45) is 0 Å². The number of ether oxygens (including phenoxy) is 2. The van der Waals surface area contributed by atoms with Gasteiger partial charge in [0.05, 0.1) is 24.7 Å². The Labute approximate surface area is 116 Å². The number of nitrogens with zero attached hydrogens (tertiary/aromatic N) is 2. The largest absolute Gasteiger partial charge is 0.471 e. The zero-order valence-corrected chi connectivity index (χ0v) is 11.4. The van der Waals surface area contributed by atoms with Gasteiger partial charge >= 0.3 is 6.03 Å². The van der Waals surface area contributed by atoms with Crippen LogP contribution in [-0.4, -0.2) is 55.4 Å².